The molecule has 1 N–H and O–H groups in total. The van der Waals surface area contributed by atoms with E-state index in [4.69, 9.17) is 0 Å². The Morgan fingerprint density at radius 2 is 1.64 bits per heavy atom. The van der Waals surface area contributed by atoms with Crippen LogP contribution in [-0.2, 0) is 11.2 Å². The van der Waals surface area contributed by atoms with Gasteiger partial charge in [0.25, 0.3) is 0 Å². The summed E-state index contributed by atoms with van der Waals surface area (Å²) in [6, 6.07) is 22.0. The number of rotatable bonds is 8. The fraction of sp³-hybridized carbons (Fsp3) is 0.357. The minimum atomic E-state index is -0.204. The summed E-state index contributed by atoms with van der Waals surface area (Å²) in [5.41, 5.74) is 4.23. The van der Waals surface area contributed by atoms with E-state index in [2.05, 4.69) is 39.5 Å². The van der Waals surface area contributed by atoms with Gasteiger partial charge in [0.2, 0.25) is 5.91 Å². The Hall–Kier alpha value is -3.94. The lowest BCUT2D eigenvalue weighted by atomic mass is 10.1. The number of carbonyl (C=O) groups is 2. The fourth-order valence-corrected chi connectivity index (χ4v) is 4.24. The molecule has 0 spiro atoms. The van der Waals surface area contributed by atoms with Gasteiger partial charge < -0.3 is 20.0 Å². The molecule has 3 amide bonds. The van der Waals surface area contributed by atoms with Crippen LogP contribution in [0.2, 0.25) is 0 Å². The van der Waals surface area contributed by atoms with Gasteiger partial charge in [0.15, 0.2) is 5.82 Å². The van der Waals surface area contributed by atoms with E-state index in [0.717, 1.165) is 22.6 Å². The van der Waals surface area contributed by atoms with Gasteiger partial charge in [0, 0.05) is 44.8 Å². The Labute approximate surface area is 212 Å². The Bertz CT molecular complexity index is 1130. The van der Waals surface area contributed by atoms with E-state index in [1.54, 1.807) is 4.90 Å². The van der Waals surface area contributed by atoms with Gasteiger partial charge in [-0.2, -0.15) is 0 Å². The summed E-state index contributed by atoms with van der Waals surface area (Å²) in [4.78, 5) is 31.2. The zero-order valence-electron chi connectivity index (χ0n) is 21.1. The number of hydrogen-bond donors (Lipinski definition) is 1. The standard InChI is InChI=1S/C28H34N6O2/c1-3-29-28(36)34(16-15-23-7-5-4-6-8-23)21-27(35)33-19-17-32(18-20-33)26-14-13-25(30-31-26)24-11-9-22(2)10-12-24/h4-14H,3,15-21H2,1-2H3,(H,29,36). The lowest BCUT2D eigenvalue weighted by molar-refractivity contribution is -0.132. The fourth-order valence-electron chi connectivity index (χ4n) is 4.24. The first kappa shape index (κ1) is 25.2. The summed E-state index contributed by atoms with van der Waals surface area (Å²) in [5.74, 6) is 0.777. The van der Waals surface area contributed by atoms with Crippen molar-refractivity contribution in [3.05, 3.63) is 77.9 Å². The Kier molecular flexibility index (Phi) is 8.49. The first-order chi connectivity index (χ1) is 17.5. The number of urea groups is 1. The molecule has 8 heteroatoms. The number of nitrogens with one attached hydrogen (secondary N) is 1. The van der Waals surface area contributed by atoms with E-state index in [0.29, 0.717) is 45.7 Å². The maximum atomic E-state index is 13.1. The van der Waals surface area contributed by atoms with Crippen molar-refractivity contribution >= 4 is 17.8 Å². The molecule has 2 heterocycles. The molecule has 0 saturated carbocycles. The van der Waals surface area contributed by atoms with Crippen molar-refractivity contribution in [3.63, 3.8) is 0 Å². The van der Waals surface area contributed by atoms with Gasteiger partial charge in [0.1, 0.15) is 6.54 Å². The summed E-state index contributed by atoms with van der Waals surface area (Å²) < 4.78 is 0. The van der Waals surface area contributed by atoms with Gasteiger partial charge >= 0.3 is 6.03 Å². The van der Waals surface area contributed by atoms with Crippen molar-refractivity contribution in [2.24, 2.45) is 0 Å². The van der Waals surface area contributed by atoms with Crippen LogP contribution in [0, 0.1) is 6.92 Å². The van der Waals surface area contributed by atoms with Crippen molar-refractivity contribution in [1.29, 1.82) is 0 Å². The molecule has 0 aliphatic carbocycles. The molecule has 8 nitrogen and oxygen atoms in total. The number of carbonyl (C=O) groups excluding carboxylic acids is 2. The first-order valence-electron chi connectivity index (χ1n) is 12.5. The van der Waals surface area contributed by atoms with Crippen LogP contribution in [0.4, 0.5) is 10.6 Å². The lowest BCUT2D eigenvalue weighted by Gasteiger charge is -2.36. The summed E-state index contributed by atoms with van der Waals surface area (Å²) in [6.07, 6.45) is 0.705. The van der Waals surface area contributed by atoms with Crippen molar-refractivity contribution < 1.29 is 9.59 Å². The molecule has 0 unspecified atom stereocenters. The van der Waals surface area contributed by atoms with Crippen LogP contribution in [0.25, 0.3) is 11.3 Å². The third-order valence-electron chi connectivity index (χ3n) is 6.41. The number of anilines is 1. The van der Waals surface area contributed by atoms with Crippen LogP contribution < -0.4 is 10.2 Å². The molecular weight excluding hydrogens is 452 g/mol. The molecule has 3 aromatic rings. The van der Waals surface area contributed by atoms with E-state index < -0.39 is 0 Å². The van der Waals surface area contributed by atoms with Gasteiger partial charge in [-0.1, -0.05) is 60.2 Å². The maximum absolute atomic E-state index is 13.1. The molecule has 188 valence electrons. The zero-order valence-corrected chi connectivity index (χ0v) is 21.1. The van der Waals surface area contributed by atoms with Crippen LogP contribution in [0.1, 0.15) is 18.1 Å². The molecule has 1 fully saturated rings. The van der Waals surface area contributed by atoms with Gasteiger partial charge in [-0.25, -0.2) is 4.79 Å². The number of amides is 3. The van der Waals surface area contributed by atoms with E-state index in [1.165, 1.54) is 5.56 Å². The molecule has 1 aromatic heterocycles. The number of benzene rings is 2. The van der Waals surface area contributed by atoms with E-state index in [1.807, 2.05) is 66.4 Å². The van der Waals surface area contributed by atoms with Gasteiger partial charge in [0.05, 0.1) is 5.69 Å². The summed E-state index contributed by atoms with van der Waals surface area (Å²) in [7, 11) is 0. The molecular formula is C28H34N6O2. The second-order valence-electron chi connectivity index (χ2n) is 9.00. The van der Waals surface area contributed by atoms with E-state index >= 15 is 0 Å². The predicted molar refractivity (Wildman–Crippen MR) is 142 cm³/mol. The third-order valence-corrected chi connectivity index (χ3v) is 6.41. The van der Waals surface area contributed by atoms with E-state index in [9.17, 15) is 9.59 Å². The highest BCUT2D eigenvalue weighted by atomic mass is 16.2. The highest BCUT2D eigenvalue weighted by Gasteiger charge is 2.25. The number of aromatic nitrogens is 2. The summed E-state index contributed by atoms with van der Waals surface area (Å²) in [6.45, 7) is 7.55. The van der Waals surface area contributed by atoms with Crippen LogP contribution >= 0.6 is 0 Å². The predicted octanol–water partition coefficient (Wildman–Crippen LogP) is 3.37. The van der Waals surface area contributed by atoms with Crippen LogP contribution in [-0.4, -0.2) is 77.7 Å². The maximum Gasteiger partial charge on any atom is 0.317 e. The molecule has 0 radical (unpaired) electrons. The average molecular weight is 487 g/mol. The van der Waals surface area contributed by atoms with Crippen molar-refractivity contribution in [1.82, 2.24) is 25.3 Å². The molecule has 4 rings (SSSR count). The Balaban J connectivity index is 1.31. The first-order valence-corrected chi connectivity index (χ1v) is 12.5. The smallest absolute Gasteiger partial charge is 0.317 e. The highest BCUT2D eigenvalue weighted by molar-refractivity contribution is 5.84. The van der Waals surface area contributed by atoms with Crippen LogP contribution in [0.15, 0.2) is 66.7 Å². The zero-order chi connectivity index (χ0) is 25.3. The number of aryl methyl sites for hydroxylation is 1. The number of hydrogen-bond acceptors (Lipinski definition) is 5. The third kappa shape index (κ3) is 6.59. The summed E-state index contributed by atoms with van der Waals surface area (Å²) in [5, 5.41) is 11.7. The number of piperazine rings is 1. The van der Waals surface area contributed by atoms with Crippen LogP contribution in [0.5, 0.6) is 0 Å². The van der Waals surface area contributed by atoms with Gasteiger partial charge in [-0.3, -0.25) is 4.79 Å². The van der Waals surface area contributed by atoms with Gasteiger partial charge in [-0.15, -0.1) is 10.2 Å². The minimum absolute atomic E-state index is 0.0326. The van der Waals surface area contributed by atoms with Crippen molar-refractivity contribution in [3.8, 4) is 11.3 Å². The second-order valence-corrected chi connectivity index (χ2v) is 9.00. The molecule has 0 atom stereocenters. The Morgan fingerprint density at radius 1 is 0.917 bits per heavy atom. The van der Waals surface area contributed by atoms with E-state index in [-0.39, 0.29) is 18.5 Å². The molecule has 0 bridgehead atoms. The summed E-state index contributed by atoms with van der Waals surface area (Å²) >= 11 is 0. The lowest BCUT2D eigenvalue weighted by Crippen LogP contribution is -2.53. The number of nitrogens with zero attached hydrogens (tertiary/aromatic N) is 5. The minimum Gasteiger partial charge on any atom is -0.352 e. The normalized spacial score (nSPS) is 13.4. The molecule has 1 aliphatic heterocycles. The molecule has 2 aromatic carbocycles. The molecule has 1 saturated heterocycles. The average Bonchev–Trinajstić information content (AvgIpc) is 2.92. The highest BCUT2D eigenvalue weighted by Crippen LogP contribution is 2.20. The molecule has 1 aliphatic rings. The van der Waals surface area contributed by atoms with Gasteiger partial charge in [-0.05, 0) is 38.0 Å². The second kappa shape index (κ2) is 12.2. The van der Waals surface area contributed by atoms with Crippen molar-refractivity contribution in [2.75, 3.05) is 50.7 Å². The van der Waals surface area contributed by atoms with Crippen LogP contribution in [0.3, 0.4) is 0 Å². The monoisotopic (exact) mass is 486 g/mol. The Morgan fingerprint density at radius 3 is 2.28 bits per heavy atom. The topological polar surface area (TPSA) is 81.7 Å². The largest absolute Gasteiger partial charge is 0.352 e. The van der Waals surface area contributed by atoms with Crippen molar-refractivity contribution in [2.45, 2.75) is 20.3 Å². The molecule has 36 heavy (non-hydrogen) atoms. The quantitative estimate of drug-likeness (QED) is 0.528. The SMILES string of the molecule is CCNC(=O)N(CCc1ccccc1)CC(=O)N1CCN(c2ccc(-c3ccc(C)cc3)nn2)CC1.